The molecule has 0 fully saturated rings. The molecule has 2 rings (SSSR count). The minimum absolute atomic E-state index is 0.191. The molecule has 7 heteroatoms. The molecule has 0 radical (unpaired) electrons. The summed E-state index contributed by atoms with van der Waals surface area (Å²) in [6.45, 7) is 0. The number of anilines is 2. The van der Waals surface area contributed by atoms with E-state index < -0.39 is 0 Å². The van der Waals surface area contributed by atoms with Crippen LogP contribution >= 0.6 is 35.0 Å². The maximum atomic E-state index is 11.8. The summed E-state index contributed by atoms with van der Waals surface area (Å²) in [6, 6.07) is 8.83. The number of amides is 1. The molecule has 0 aliphatic carbocycles. The Morgan fingerprint density at radius 3 is 2.65 bits per heavy atom. The number of rotatable bonds is 4. The maximum absolute atomic E-state index is 11.8. The van der Waals surface area contributed by atoms with E-state index in [0.717, 1.165) is 4.90 Å². The molecule has 1 amide bonds. The molecule has 0 bridgehead atoms. The molecule has 1 aromatic heterocycles. The van der Waals surface area contributed by atoms with E-state index in [1.54, 1.807) is 12.1 Å². The summed E-state index contributed by atoms with van der Waals surface area (Å²) in [5, 5.41) is 3.36. The van der Waals surface area contributed by atoms with Crippen molar-refractivity contribution in [1.29, 1.82) is 0 Å². The number of nitrogen functional groups attached to an aromatic ring is 1. The van der Waals surface area contributed by atoms with Crippen molar-refractivity contribution in [1.82, 2.24) is 4.98 Å². The Labute approximate surface area is 130 Å². The van der Waals surface area contributed by atoms with Gasteiger partial charge in [-0.15, -0.1) is 11.8 Å². The van der Waals surface area contributed by atoms with Gasteiger partial charge in [-0.2, -0.15) is 0 Å². The number of carbonyl (C=O) groups excluding carboxylic acids is 1. The number of nitrogens with zero attached hydrogens (tertiary/aromatic N) is 1. The fraction of sp³-hybridized carbons (Fsp3) is 0.0769. The van der Waals surface area contributed by atoms with Gasteiger partial charge in [0, 0.05) is 16.8 Å². The van der Waals surface area contributed by atoms with E-state index in [1.165, 1.54) is 24.0 Å². The maximum Gasteiger partial charge on any atom is 0.235 e. The van der Waals surface area contributed by atoms with Crippen molar-refractivity contribution in [3.05, 3.63) is 46.6 Å². The second-order valence-corrected chi connectivity index (χ2v) is 5.78. The van der Waals surface area contributed by atoms with Crippen LogP contribution in [0.1, 0.15) is 0 Å². The van der Waals surface area contributed by atoms with Gasteiger partial charge in [0.1, 0.15) is 0 Å². The van der Waals surface area contributed by atoms with Crippen molar-refractivity contribution in [2.45, 2.75) is 4.90 Å². The Bertz CT molecular complexity index is 620. The van der Waals surface area contributed by atoms with Crippen LogP contribution in [0.3, 0.4) is 0 Å². The highest BCUT2D eigenvalue weighted by atomic mass is 35.5. The van der Waals surface area contributed by atoms with Crippen molar-refractivity contribution < 1.29 is 4.79 Å². The van der Waals surface area contributed by atoms with Crippen LogP contribution < -0.4 is 11.1 Å². The molecule has 0 saturated carbocycles. The predicted octanol–water partition coefficient (Wildman–Crippen LogP) is 3.70. The van der Waals surface area contributed by atoms with Crippen LogP contribution in [-0.2, 0) is 4.79 Å². The first-order valence-corrected chi connectivity index (χ1v) is 7.38. The number of pyridine rings is 1. The van der Waals surface area contributed by atoms with Gasteiger partial charge >= 0.3 is 0 Å². The second kappa shape index (κ2) is 6.83. The molecular weight excluding hydrogens is 317 g/mol. The van der Waals surface area contributed by atoms with Gasteiger partial charge in [0.25, 0.3) is 0 Å². The topological polar surface area (TPSA) is 68.0 Å². The molecule has 0 saturated heterocycles. The summed E-state index contributed by atoms with van der Waals surface area (Å²) in [5.74, 6) is 0.368. The number of nitrogens with two attached hydrogens (primary N) is 1. The van der Waals surface area contributed by atoms with E-state index >= 15 is 0 Å². The van der Waals surface area contributed by atoms with E-state index in [4.69, 9.17) is 28.9 Å². The zero-order valence-electron chi connectivity index (χ0n) is 10.3. The van der Waals surface area contributed by atoms with Gasteiger partial charge in [0.15, 0.2) is 5.82 Å². The van der Waals surface area contributed by atoms with E-state index in [-0.39, 0.29) is 11.7 Å². The van der Waals surface area contributed by atoms with Crippen molar-refractivity contribution in [2.24, 2.45) is 0 Å². The fourth-order valence-corrected chi connectivity index (χ4v) is 2.51. The smallest absolute Gasteiger partial charge is 0.235 e. The number of aromatic nitrogens is 1. The third-order valence-corrected chi connectivity index (χ3v) is 3.82. The Balaban J connectivity index is 1.90. The Morgan fingerprint density at radius 2 is 2.00 bits per heavy atom. The van der Waals surface area contributed by atoms with E-state index in [9.17, 15) is 4.79 Å². The summed E-state index contributed by atoms with van der Waals surface area (Å²) < 4.78 is 0. The quantitative estimate of drug-likeness (QED) is 0.663. The fourth-order valence-electron chi connectivity index (χ4n) is 1.39. The average molecular weight is 328 g/mol. The first-order valence-electron chi connectivity index (χ1n) is 5.64. The van der Waals surface area contributed by atoms with Crippen molar-refractivity contribution in [3.8, 4) is 0 Å². The Morgan fingerprint density at radius 1 is 1.30 bits per heavy atom. The number of halogens is 2. The molecule has 1 aromatic carbocycles. The molecule has 4 nitrogen and oxygen atoms in total. The predicted molar refractivity (Wildman–Crippen MR) is 84.5 cm³/mol. The lowest BCUT2D eigenvalue weighted by atomic mass is 10.3. The van der Waals surface area contributed by atoms with Gasteiger partial charge in [-0.3, -0.25) is 4.79 Å². The van der Waals surface area contributed by atoms with Gasteiger partial charge in [-0.1, -0.05) is 23.2 Å². The molecular formula is C13H11Cl2N3OS. The van der Waals surface area contributed by atoms with Crippen LogP contribution in [0.2, 0.25) is 10.0 Å². The lowest BCUT2D eigenvalue weighted by Gasteiger charge is -2.06. The van der Waals surface area contributed by atoms with Gasteiger partial charge < -0.3 is 11.1 Å². The first-order chi connectivity index (χ1) is 9.54. The average Bonchev–Trinajstić information content (AvgIpc) is 2.41. The minimum atomic E-state index is -0.191. The lowest BCUT2D eigenvalue weighted by molar-refractivity contribution is -0.113. The molecule has 20 heavy (non-hydrogen) atoms. The Hall–Kier alpha value is -1.43. The molecule has 0 aliphatic heterocycles. The summed E-state index contributed by atoms with van der Waals surface area (Å²) in [4.78, 5) is 16.7. The Kier molecular flexibility index (Phi) is 5.11. The zero-order chi connectivity index (χ0) is 14.5. The van der Waals surface area contributed by atoms with Gasteiger partial charge in [0.05, 0.1) is 15.8 Å². The molecule has 0 atom stereocenters. The third-order valence-electron chi connectivity index (χ3n) is 2.32. The highest BCUT2D eigenvalue weighted by Crippen LogP contribution is 2.23. The van der Waals surface area contributed by atoms with Crippen LogP contribution in [0.15, 0.2) is 41.4 Å². The van der Waals surface area contributed by atoms with Gasteiger partial charge in [0.2, 0.25) is 5.91 Å². The molecule has 104 valence electrons. The summed E-state index contributed by atoms with van der Waals surface area (Å²) >= 11 is 13.1. The van der Waals surface area contributed by atoms with E-state index in [1.807, 2.05) is 12.1 Å². The van der Waals surface area contributed by atoms with Crippen LogP contribution in [-0.4, -0.2) is 16.6 Å². The van der Waals surface area contributed by atoms with Crippen molar-refractivity contribution in [3.63, 3.8) is 0 Å². The molecule has 0 aliphatic rings. The molecule has 0 spiro atoms. The molecule has 3 N–H and O–H groups in total. The monoisotopic (exact) mass is 327 g/mol. The van der Waals surface area contributed by atoms with Crippen molar-refractivity contribution >= 4 is 52.4 Å². The lowest BCUT2D eigenvalue weighted by Crippen LogP contribution is -2.15. The molecule has 1 heterocycles. The van der Waals surface area contributed by atoms with E-state index in [0.29, 0.717) is 21.6 Å². The molecule has 2 aromatic rings. The number of nitrogens with one attached hydrogen (secondary N) is 1. The minimum Gasteiger partial charge on any atom is -0.399 e. The standard InChI is InChI=1S/C13H11Cl2N3OS/c14-8-5-11(15)13(17-6-8)18-12(19)7-20-10-3-1-9(16)2-4-10/h1-6H,7,16H2,(H,17,18,19). The first kappa shape index (κ1) is 15.0. The number of benzene rings is 1. The third kappa shape index (κ3) is 4.30. The summed E-state index contributed by atoms with van der Waals surface area (Å²) in [6.07, 6.45) is 1.43. The highest BCUT2D eigenvalue weighted by Gasteiger charge is 2.08. The number of carbonyl (C=O) groups is 1. The summed E-state index contributed by atoms with van der Waals surface area (Å²) in [7, 11) is 0. The van der Waals surface area contributed by atoms with Gasteiger partial charge in [-0.05, 0) is 30.3 Å². The van der Waals surface area contributed by atoms with Crippen LogP contribution in [0.5, 0.6) is 0 Å². The van der Waals surface area contributed by atoms with Crippen LogP contribution in [0.4, 0.5) is 11.5 Å². The van der Waals surface area contributed by atoms with Crippen LogP contribution in [0, 0.1) is 0 Å². The second-order valence-electron chi connectivity index (χ2n) is 3.89. The SMILES string of the molecule is Nc1ccc(SCC(=O)Nc2ncc(Cl)cc2Cl)cc1. The number of hydrogen-bond acceptors (Lipinski definition) is 4. The van der Waals surface area contributed by atoms with Crippen LogP contribution in [0.25, 0.3) is 0 Å². The highest BCUT2D eigenvalue weighted by molar-refractivity contribution is 8.00. The van der Waals surface area contributed by atoms with Gasteiger partial charge in [-0.25, -0.2) is 4.98 Å². The summed E-state index contributed by atoms with van der Waals surface area (Å²) in [5.41, 5.74) is 6.28. The normalized spacial score (nSPS) is 10.3. The zero-order valence-corrected chi connectivity index (χ0v) is 12.6. The van der Waals surface area contributed by atoms with E-state index in [2.05, 4.69) is 10.3 Å². The molecule has 0 unspecified atom stereocenters. The number of hydrogen-bond donors (Lipinski definition) is 2. The van der Waals surface area contributed by atoms with Crippen molar-refractivity contribution in [2.75, 3.05) is 16.8 Å². The number of thioether (sulfide) groups is 1. The largest absolute Gasteiger partial charge is 0.399 e.